The Morgan fingerprint density at radius 2 is 2.00 bits per heavy atom. The van der Waals surface area contributed by atoms with Gasteiger partial charge in [0.1, 0.15) is 11.5 Å². The van der Waals surface area contributed by atoms with Gasteiger partial charge >= 0.3 is 0 Å². The maximum atomic E-state index is 12.3. The number of pyridine rings is 1. The van der Waals surface area contributed by atoms with Gasteiger partial charge in [0.2, 0.25) is 0 Å². The van der Waals surface area contributed by atoms with Gasteiger partial charge in [-0.25, -0.2) is 4.98 Å². The van der Waals surface area contributed by atoms with E-state index in [2.05, 4.69) is 15.3 Å². The second kappa shape index (κ2) is 7.31. The van der Waals surface area contributed by atoms with Crippen molar-refractivity contribution in [3.8, 4) is 22.8 Å². The minimum atomic E-state index is -0.241. The third kappa shape index (κ3) is 3.77. The van der Waals surface area contributed by atoms with E-state index in [1.165, 1.54) is 11.3 Å². The van der Waals surface area contributed by atoms with Crippen molar-refractivity contribution in [1.29, 1.82) is 0 Å². The van der Waals surface area contributed by atoms with E-state index in [4.69, 9.17) is 9.47 Å². The number of carbonyl (C=O) groups is 1. The average molecular weight is 355 g/mol. The lowest BCUT2D eigenvalue weighted by molar-refractivity contribution is 0.102. The Hall–Kier alpha value is -2.93. The molecule has 0 saturated carbocycles. The molecule has 0 spiro atoms. The number of amides is 1. The molecule has 0 saturated heterocycles. The van der Waals surface area contributed by atoms with Gasteiger partial charge in [-0.05, 0) is 31.2 Å². The summed E-state index contributed by atoms with van der Waals surface area (Å²) in [5.41, 5.74) is 2.91. The van der Waals surface area contributed by atoms with Crippen LogP contribution >= 0.6 is 11.3 Å². The fourth-order valence-corrected chi connectivity index (χ4v) is 2.94. The van der Waals surface area contributed by atoms with Crippen molar-refractivity contribution in [3.63, 3.8) is 0 Å². The number of aromatic nitrogens is 2. The average Bonchev–Trinajstić information content (AvgIpc) is 3.09. The number of anilines is 1. The van der Waals surface area contributed by atoms with Gasteiger partial charge in [-0.2, -0.15) is 0 Å². The smallest absolute Gasteiger partial charge is 0.259 e. The van der Waals surface area contributed by atoms with Gasteiger partial charge < -0.3 is 9.47 Å². The predicted octanol–water partition coefficient (Wildman–Crippen LogP) is 3.78. The highest BCUT2D eigenvalue weighted by atomic mass is 32.1. The van der Waals surface area contributed by atoms with E-state index in [1.54, 1.807) is 38.6 Å². The number of carbonyl (C=O) groups excluding carboxylic acids is 1. The molecule has 7 heteroatoms. The molecular weight excluding hydrogens is 338 g/mol. The predicted molar refractivity (Wildman–Crippen MR) is 97.6 cm³/mol. The molecule has 3 rings (SSSR count). The SMILES string of the molecule is COc1ccc(-c2csc(NC(=O)c3ccc(C)nc3)n2)c(OC)c1. The second-order valence-corrected chi connectivity index (χ2v) is 6.10. The molecule has 1 N–H and O–H groups in total. The molecule has 0 atom stereocenters. The molecule has 0 radical (unpaired) electrons. The highest BCUT2D eigenvalue weighted by molar-refractivity contribution is 7.14. The fraction of sp³-hybridized carbons (Fsp3) is 0.167. The monoisotopic (exact) mass is 355 g/mol. The first-order valence-corrected chi connectivity index (χ1v) is 8.40. The van der Waals surface area contributed by atoms with Gasteiger partial charge in [-0.15, -0.1) is 11.3 Å². The number of hydrogen-bond acceptors (Lipinski definition) is 6. The van der Waals surface area contributed by atoms with Gasteiger partial charge in [0.05, 0.1) is 25.5 Å². The Labute approximate surface area is 149 Å². The molecule has 3 aromatic rings. The number of thiazole rings is 1. The molecule has 2 aromatic heterocycles. The van der Waals surface area contributed by atoms with Crippen molar-refractivity contribution in [2.24, 2.45) is 0 Å². The van der Waals surface area contributed by atoms with Crippen LogP contribution in [-0.4, -0.2) is 30.1 Å². The van der Waals surface area contributed by atoms with Crippen LogP contribution in [0.1, 0.15) is 16.1 Å². The van der Waals surface area contributed by atoms with Crippen molar-refractivity contribution in [2.45, 2.75) is 6.92 Å². The zero-order valence-electron chi connectivity index (χ0n) is 14.1. The van der Waals surface area contributed by atoms with Crippen molar-refractivity contribution in [2.75, 3.05) is 19.5 Å². The molecule has 6 nitrogen and oxygen atoms in total. The Bertz CT molecular complexity index is 891. The first-order valence-electron chi connectivity index (χ1n) is 7.52. The van der Waals surface area contributed by atoms with Gasteiger partial charge in [0, 0.05) is 28.9 Å². The minimum absolute atomic E-state index is 0.241. The van der Waals surface area contributed by atoms with E-state index < -0.39 is 0 Å². The second-order valence-electron chi connectivity index (χ2n) is 5.25. The highest BCUT2D eigenvalue weighted by Gasteiger charge is 2.13. The molecule has 1 amide bonds. The molecule has 0 aliphatic heterocycles. The number of hydrogen-bond donors (Lipinski definition) is 1. The maximum Gasteiger partial charge on any atom is 0.259 e. The van der Waals surface area contributed by atoms with Crippen molar-refractivity contribution in [3.05, 3.63) is 53.2 Å². The van der Waals surface area contributed by atoms with Crippen LogP contribution in [-0.2, 0) is 0 Å². The molecule has 0 bridgehead atoms. The molecule has 0 fully saturated rings. The summed E-state index contributed by atoms with van der Waals surface area (Å²) >= 11 is 1.35. The molecule has 0 aliphatic rings. The van der Waals surface area contributed by atoms with Gasteiger partial charge in [-0.3, -0.25) is 15.1 Å². The summed E-state index contributed by atoms with van der Waals surface area (Å²) in [7, 11) is 3.20. The fourth-order valence-electron chi connectivity index (χ4n) is 2.24. The van der Waals surface area contributed by atoms with Crippen LogP contribution in [0.15, 0.2) is 41.9 Å². The minimum Gasteiger partial charge on any atom is -0.497 e. The zero-order valence-corrected chi connectivity index (χ0v) is 14.9. The summed E-state index contributed by atoms with van der Waals surface area (Å²) in [6.07, 6.45) is 1.55. The van der Waals surface area contributed by atoms with E-state index in [1.807, 2.05) is 24.4 Å². The Morgan fingerprint density at radius 3 is 2.68 bits per heavy atom. The Kier molecular flexibility index (Phi) is 4.95. The number of benzene rings is 1. The van der Waals surface area contributed by atoms with E-state index in [0.717, 1.165) is 17.0 Å². The zero-order chi connectivity index (χ0) is 17.8. The lowest BCUT2D eigenvalue weighted by Gasteiger charge is -2.08. The van der Waals surface area contributed by atoms with Gasteiger partial charge in [-0.1, -0.05) is 0 Å². The van der Waals surface area contributed by atoms with Crippen molar-refractivity contribution >= 4 is 22.4 Å². The number of aryl methyl sites for hydroxylation is 1. The van der Waals surface area contributed by atoms with E-state index >= 15 is 0 Å². The largest absolute Gasteiger partial charge is 0.497 e. The van der Waals surface area contributed by atoms with Gasteiger partial charge in [0.15, 0.2) is 5.13 Å². The first-order chi connectivity index (χ1) is 12.1. The maximum absolute atomic E-state index is 12.3. The first kappa shape index (κ1) is 16.9. The molecule has 0 aliphatic carbocycles. The van der Waals surface area contributed by atoms with Crippen molar-refractivity contribution < 1.29 is 14.3 Å². The molecule has 1 aromatic carbocycles. The van der Waals surface area contributed by atoms with Crippen LogP contribution in [0, 0.1) is 6.92 Å². The molecule has 2 heterocycles. The lowest BCUT2D eigenvalue weighted by Crippen LogP contribution is -2.12. The van der Waals surface area contributed by atoms with Crippen LogP contribution in [0.4, 0.5) is 5.13 Å². The van der Waals surface area contributed by atoms with Gasteiger partial charge in [0.25, 0.3) is 5.91 Å². The number of rotatable bonds is 5. The molecule has 128 valence electrons. The molecule has 25 heavy (non-hydrogen) atoms. The van der Waals surface area contributed by atoms with E-state index in [0.29, 0.717) is 22.2 Å². The van der Waals surface area contributed by atoms with Crippen LogP contribution in [0.5, 0.6) is 11.5 Å². The Balaban J connectivity index is 1.81. The summed E-state index contributed by atoms with van der Waals surface area (Å²) in [5.74, 6) is 1.12. The third-order valence-corrected chi connectivity index (χ3v) is 4.34. The summed E-state index contributed by atoms with van der Waals surface area (Å²) in [6.45, 7) is 1.87. The number of nitrogens with zero attached hydrogens (tertiary/aromatic N) is 2. The number of ether oxygens (including phenoxy) is 2. The quantitative estimate of drug-likeness (QED) is 0.754. The van der Waals surface area contributed by atoms with Crippen LogP contribution in [0.25, 0.3) is 11.3 Å². The van der Waals surface area contributed by atoms with E-state index in [-0.39, 0.29) is 5.91 Å². The highest BCUT2D eigenvalue weighted by Crippen LogP contribution is 2.34. The van der Waals surface area contributed by atoms with Crippen LogP contribution < -0.4 is 14.8 Å². The van der Waals surface area contributed by atoms with E-state index in [9.17, 15) is 4.79 Å². The summed E-state index contributed by atoms with van der Waals surface area (Å²) in [5, 5.41) is 5.17. The molecular formula is C18H17N3O3S. The molecule has 0 unspecified atom stereocenters. The summed E-state index contributed by atoms with van der Waals surface area (Å²) < 4.78 is 10.6. The van der Waals surface area contributed by atoms with Crippen LogP contribution in [0.2, 0.25) is 0 Å². The summed E-state index contributed by atoms with van der Waals surface area (Å²) in [4.78, 5) is 20.9. The summed E-state index contributed by atoms with van der Waals surface area (Å²) in [6, 6.07) is 9.05. The number of methoxy groups -OCH3 is 2. The third-order valence-electron chi connectivity index (χ3n) is 3.58. The van der Waals surface area contributed by atoms with Crippen LogP contribution in [0.3, 0.4) is 0 Å². The normalized spacial score (nSPS) is 10.4. The standard InChI is InChI=1S/C18H17N3O3S/c1-11-4-5-12(9-19-11)17(22)21-18-20-15(10-25-18)14-7-6-13(23-2)8-16(14)24-3/h4-10H,1-3H3,(H,20,21,22). The van der Waals surface area contributed by atoms with Crippen molar-refractivity contribution in [1.82, 2.24) is 9.97 Å². The lowest BCUT2D eigenvalue weighted by atomic mass is 10.1. The Morgan fingerprint density at radius 1 is 1.16 bits per heavy atom. The topological polar surface area (TPSA) is 73.3 Å². The number of nitrogens with one attached hydrogen (secondary N) is 1.